The summed E-state index contributed by atoms with van der Waals surface area (Å²) in [6.45, 7) is 3.20. The summed E-state index contributed by atoms with van der Waals surface area (Å²) in [5, 5.41) is 8.67. The molecule has 1 rings (SSSR count). The summed E-state index contributed by atoms with van der Waals surface area (Å²) in [5.41, 5.74) is 1.25. The minimum atomic E-state index is 0.0374. The molecular weight excluding hydrogens is 226 g/mol. The average molecular weight is 247 g/mol. The quantitative estimate of drug-likeness (QED) is 0.742. The van der Waals surface area contributed by atoms with Gasteiger partial charge in [-0.05, 0) is 38.1 Å². The molecule has 98 valence electrons. The summed E-state index contributed by atoms with van der Waals surface area (Å²) in [6, 6.07) is 8.36. The Labute approximate surface area is 109 Å². The fourth-order valence-corrected chi connectivity index (χ4v) is 1.68. The van der Waals surface area contributed by atoms with Gasteiger partial charge < -0.3 is 9.84 Å². The number of hydrogen-bond acceptors (Lipinski definition) is 3. The SMILES string of the molecule is C#CCN(C)[C@H](C)Cc1ccc(OCCO)cc1. The lowest BCUT2D eigenvalue weighted by Gasteiger charge is -2.22. The van der Waals surface area contributed by atoms with Gasteiger partial charge in [-0.15, -0.1) is 6.42 Å². The fraction of sp³-hybridized carbons (Fsp3) is 0.467. The van der Waals surface area contributed by atoms with Gasteiger partial charge >= 0.3 is 0 Å². The third kappa shape index (κ3) is 4.79. The molecule has 18 heavy (non-hydrogen) atoms. The molecule has 0 heterocycles. The number of nitrogens with zero attached hydrogens (tertiary/aromatic N) is 1. The minimum Gasteiger partial charge on any atom is -0.491 e. The van der Waals surface area contributed by atoms with E-state index in [1.165, 1.54) is 5.56 Å². The Balaban J connectivity index is 2.50. The van der Waals surface area contributed by atoms with Crippen LogP contribution in [0.25, 0.3) is 0 Å². The van der Waals surface area contributed by atoms with E-state index >= 15 is 0 Å². The number of ether oxygens (including phenoxy) is 1. The molecule has 3 nitrogen and oxygen atoms in total. The molecule has 0 aliphatic rings. The lowest BCUT2D eigenvalue weighted by Crippen LogP contribution is -2.31. The molecule has 0 aliphatic carbocycles. The Kier molecular flexibility index (Phi) is 6.27. The van der Waals surface area contributed by atoms with Gasteiger partial charge in [0.05, 0.1) is 13.2 Å². The van der Waals surface area contributed by atoms with Gasteiger partial charge in [0, 0.05) is 6.04 Å². The summed E-state index contributed by atoms with van der Waals surface area (Å²) in [4.78, 5) is 2.15. The molecule has 1 aromatic carbocycles. The average Bonchev–Trinajstić information content (AvgIpc) is 2.38. The number of hydrogen-bond donors (Lipinski definition) is 1. The first-order valence-corrected chi connectivity index (χ1v) is 6.13. The van der Waals surface area contributed by atoms with E-state index in [1.807, 2.05) is 31.3 Å². The van der Waals surface area contributed by atoms with Crippen LogP contribution < -0.4 is 4.74 Å². The van der Waals surface area contributed by atoms with Crippen molar-refractivity contribution in [3.8, 4) is 18.1 Å². The second-order valence-electron chi connectivity index (χ2n) is 4.39. The van der Waals surface area contributed by atoms with Crippen molar-refractivity contribution in [1.29, 1.82) is 0 Å². The van der Waals surface area contributed by atoms with Crippen LogP contribution in [0.1, 0.15) is 12.5 Å². The summed E-state index contributed by atoms with van der Waals surface area (Å²) < 4.78 is 5.31. The third-order valence-electron chi connectivity index (χ3n) is 2.91. The molecule has 1 atom stereocenters. The van der Waals surface area contributed by atoms with Crippen LogP contribution in [0.3, 0.4) is 0 Å². The van der Waals surface area contributed by atoms with E-state index in [2.05, 4.69) is 17.7 Å². The standard InChI is InChI=1S/C15H21NO2/c1-4-9-16(3)13(2)12-14-5-7-15(8-6-14)18-11-10-17/h1,5-8,13,17H,9-12H2,2-3H3/t13-/m1/s1. The zero-order valence-corrected chi connectivity index (χ0v) is 11.1. The zero-order valence-electron chi connectivity index (χ0n) is 11.1. The number of likely N-dealkylation sites (N-methyl/N-ethyl adjacent to an activating group) is 1. The van der Waals surface area contributed by atoms with E-state index in [-0.39, 0.29) is 6.61 Å². The molecule has 0 fully saturated rings. The van der Waals surface area contributed by atoms with Crippen molar-refractivity contribution < 1.29 is 9.84 Å². The molecule has 0 unspecified atom stereocenters. The van der Waals surface area contributed by atoms with Crippen LogP contribution in [0.5, 0.6) is 5.75 Å². The summed E-state index contributed by atoms with van der Waals surface area (Å²) in [5.74, 6) is 3.44. The molecule has 0 radical (unpaired) electrons. The largest absolute Gasteiger partial charge is 0.491 e. The Morgan fingerprint density at radius 2 is 2.06 bits per heavy atom. The Morgan fingerprint density at radius 3 is 2.61 bits per heavy atom. The number of rotatable bonds is 7. The van der Waals surface area contributed by atoms with Gasteiger partial charge in [0.1, 0.15) is 12.4 Å². The van der Waals surface area contributed by atoms with Crippen molar-refractivity contribution in [1.82, 2.24) is 4.90 Å². The van der Waals surface area contributed by atoms with Crippen LogP contribution in [0.4, 0.5) is 0 Å². The second kappa shape index (κ2) is 7.75. The first kappa shape index (κ1) is 14.6. The Hall–Kier alpha value is -1.50. The van der Waals surface area contributed by atoms with Gasteiger partial charge in [0.25, 0.3) is 0 Å². The molecular formula is C15H21NO2. The van der Waals surface area contributed by atoms with Crippen LogP contribution in [0.2, 0.25) is 0 Å². The van der Waals surface area contributed by atoms with Crippen LogP contribution in [0, 0.1) is 12.3 Å². The maximum Gasteiger partial charge on any atom is 0.119 e. The van der Waals surface area contributed by atoms with Crippen LogP contribution in [-0.4, -0.2) is 42.9 Å². The van der Waals surface area contributed by atoms with Crippen molar-refractivity contribution in [3.63, 3.8) is 0 Å². The molecule has 1 N–H and O–H groups in total. The molecule has 0 aromatic heterocycles. The number of aliphatic hydroxyl groups is 1. The first-order chi connectivity index (χ1) is 8.67. The first-order valence-electron chi connectivity index (χ1n) is 6.13. The highest BCUT2D eigenvalue weighted by atomic mass is 16.5. The van der Waals surface area contributed by atoms with E-state index in [1.54, 1.807) is 0 Å². The predicted octanol–water partition coefficient (Wildman–Crippen LogP) is 1.55. The van der Waals surface area contributed by atoms with E-state index in [0.29, 0.717) is 19.2 Å². The van der Waals surface area contributed by atoms with Crippen LogP contribution >= 0.6 is 0 Å². The summed E-state index contributed by atoms with van der Waals surface area (Å²) >= 11 is 0. The van der Waals surface area contributed by atoms with Crippen LogP contribution in [0.15, 0.2) is 24.3 Å². The summed E-state index contributed by atoms with van der Waals surface area (Å²) in [6.07, 6.45) is 6.26. The minimum absolute atomic E-state index is 0.0374. The monoisotopic (exact) mass is 247 g/mol. The van der Waals surface area contributed by atoms with E-state index < -0.39 is 0 Å². The second-order valence-corrected chi connectivity index (χ2v) is 4.39. The van der Waals surface area contributed by atoms with E-state index in [0.717, 1.165) is 12.2 Å². The third-order valence-corrected chi connectivity index (χ3v) is 2.91. The van der Waals surface area contributed by atoms with Crippen molar-refractivity contribution in [2.75, 3.05) is 26.8 Å². The number of benzene rings is 1. The highest BCUT2D eigenvalue weighted by molar-refractivity contribution is 5.27. The Morgan fingerprint density at radius 1 is 1.39 bits per heavy atom. The van der Waals surface area contributed by atoms with Crippen molar-refractivity contribution >= 4 is 0 Å². The van der Waals surface area contributed by atoms with Crippen molar-refractivity contribution in [2.24, 2.45) is 0 Å². The summed E-state index contributed by atoms with van der Waals surface area (Å²) in [7, 11) is 2.03. The molecule has 0 amide bonds. The molecule has 1 aromatic rings. The maximum atomic E-state index is 8.67. The van der Waals surface area contributed by atoms with Gasteiger partial charge in [-0.25, -0.2) is 0 Å². The molecule has 0 aliphatic heterocycles. The smallest absolute Gasteiger partial charge is 0.119 e. The van der Waals surface area contributed by atoms with Gasteiger partial charge in [0.15, 0.2) is 0 Å². The number of terminal acetylenes is 1. The molecule has 0 saturated carbocycles. The maximum absolute atomic E-state index is 8.67. The fourth-order valence-electron chi connectivity index (χ4n) is 1.68. The number of aliphatic hydroxyl groups excluding tert-OH is 1. The van der Waals surface area contributed by atoms with Crippen LogP contribution in [-0.2, 0) is 6.42 Å². The molecule has 3 heteroatoms. The predicted molar refractivity (Wildman–Crippen MR) is 73.7 cm³/mol. The normalized spacial score (nSPS) is 12.2. The molecule has 0 spiro atoms. The van der Waals surface area contributed by atoms with Gasteiger partial charge in [-0.3, -0.25) is 4.90 Å². The van der Waals surface area contributed by atoms with Crippen molar-refractivity contribution in [2.45, 2.75) is 19.4 Å². The van der Waals surface area contributed by atoms with E-state index in [4.69, 9.17) is 16.3 Å². The lowest BCUT2D eigenvalue weighted by atomic mass is 10.1. The van der Waals surface area contributed by atoms with Gasteiger partial charge in [0.2, 0.25) is 0 Å². The molecule has 0 saturated heterocycles. The van der Waals surface area contributed by atoms with Crippen molar-refractivity contribution in [3.05, 3.63) is 29.8 Å². The zero-order chi connectivity index (χ0) is 13.4. The topological polar surface area (TPSA) is 32.7 Å². The lowest BCUT2D eigenvalue weighted by molar-refractivity contribution is 0.201. The van der Waals surface area contributed by atoms with Gasteiger partial charge in [-0.1, -0.05) is 18.1 Å². The highest BCUT2D eigenvalue weighted by Gasteiger charge is 2.08. The molecule has 0 bridgehead atoms. The Bertz CT molecular complexity index is 380. The van der Waals surface area contributed by atoms with E-state index in [9.17, 15) is 0 Å². The van der Waals surface area contributed by atoms with Gasteiger partial charge in [-0.2, -0.15) is 0 Å². The highest BCUT2D eigenvalue weighted by Crippen LogP contribution is 2.14.